The summed E-state index contributed by atoms with van der Waals surface area (Å²) in [6.07, 6.45) is 2.54. The van der Waals surface area contributed by atoms with Crippen LogP contribution in [0.25, 0.3) is 0 Å². The molecule has 0 radical (unpaired) electrons. The lowest BCUT2D eigenvalue weighted by molar-refractivity contribution is -0.120. The van der Waals surface area contributed by atoms with Crippen molar-refractivity contribution in [2.75, 3.05) is 17.6 Å². The number of nitrogens with one attached hydrogen (secondary N) is 2. The molecule has 0 aromatic heterocycles. The molecule has 1 aliphatic carbocycles. The van der Waals surface area contributed by atoms with E-state index in [2.05, 4.69) is 26.6 Å². The Morgan fingerprint density at radius 2 is 2.22 bits per heavy atom. The molecule has 1 fully saturated rings. The van der Waals surface area contributed by atoms with Gasteiger partial charge in [-0.1, -0.05) is 0 Å². The number of amides is 1. The largest absolute Gasteiger partial charge is 0.397 e. The summed E-state index contributed by atoms with van der Waals surface area (Å²) in [5, 5.41) is 5.92. The number of benzene rings is 1. The molecule has 0 aliphatic heterocycles. The fourth-order valence-electron chi connectivity index (χ4n) is 1.55. The zero-order chi connectivity index (χ0) is 13.1. The quantitative estimate of drug-likeness (QED) is 0.730. The van der Waals surface area contributed by atoms with E-state index < -0.39 is 5.82 Å². The molecule has 6 heteroatoms. The predicted octanol–water partition coefficient (Wildman–Crippen LogP) is 2.25. The molecule has 0 spiro atoms. The molecule has 1 amide bonds. The molecule has 4 nitrogen and oxygen atoms in total. The van der Waals surface area contributed by atoms with Crippen molar-refractivity contribution in [1.82, 2.24) is 5.32 Å². The molecule has 0 atom stereocenters. The van der Waals surface area contributed by atoms with E-state index in [1.807, 2.05) is 0 Å². The van der Waals surface area contributed by atoms with Crippen LogP contribution in [0, 0.1) is 5.82 Å². The first kappa shape index (κ1) is 13.1. The standard InChI is InChI=1S/C12H15BrFN3O/c13-8-5-11(10(15)6-9(8)14)16-4-3-12(18)17-7-1-2-7/h5-7,16H,1-4,15H2,(H,17,18). The van der Waals surface area contributed by atoms with Crippen molar-refractivity contribution in [3.63, 3.8) is 0 Å². The van der Waals surface area contributed by atoms with Crippen molar-refractivity contribution in [3.8, 4) is 0 Å². The fourth-order valence-corrected chi connectivity index (χ4v) is 1.90. The van der Waals surface area contributed by atoms with Crippen LogP contribution in [0.2, 0.25) is 0 Å². The molecule has 1 aromatic rings. The molecule has 0 saturated heterocycles. The van der Waals surface area contributed by atoms with E-state index in [9.17, 15) is 9.18 Å². The highest BCUT2D eigenvalue weighted by atomic mass is 79.9. The maximum absolute atomic E-state index is 13.1. The molecule has 0 bridgehead atoms. The number of nitrogens with two attached hydrogens (primary N) is 1. The minimum Gasteiger partial charge on any atom is -0.397 e. The van der Waals surface area contributed by atoms with Crippen LogP contribution in [0.15, 0.2) is 16.6 Å². The van der Waals surface area contributed by atoms with Crippen LogP contribution >= 0.6 is 15.9 Å². The van der Waals surface area contributed by atoms with Crippen molar-refractivity contribution in [2.24, 2.45) is 0 Å². The average molecular weight is 316 g/mol. The Morgan fingerprint density at radius 3 is 2.89 bits per heavy atom. The van der Waals surface area contributed by atoms with Gasteiger partial charge in [0.25, 0.3) is 0 Å². The van der Waals surface area contributed by atoms with Crippen molar-refractivity contribution < 1.29 is 9.18 Å². The highest BCUT2D eigenvalue weighted by Crippen LogP contribution is 2.26. The third-order valence-corrected chi connectivity index (χ3v) is 3.31. The van der Waals surface area contributed by atoms with E-state index in [1.54, 1.807) is 6.07 Å². The van der Waals surface area contributed by atoms with Crippen molar-refractivity contribution >= 4 is 33.2 Å². The van der Waals surface area contributed by atoms with Crippen molar-refractivity contribution in [3.05, 3.63) is 22.4 Å². The Hall–Kier alpha value is -1.30. The van der Waals surface area contributed by atoms with E-state index >= 15 is 0 Å². The number of halogens is 2. The highest BCUT2D eigenvalue weighted by molar-refractivity contribution is 9.10. The van der Waals surface area contributed by atoms with Crippen LogP contribution in [0.1, 0.15) is 19.3 Å². The van der Waals surface area contributed by atoms with Crippen molar-refractivity contribution in [1.29, 1.82) is 0 Å². The minimum atomic E-state index is -0.399. The molecule has 98 valence electrons. The third kappa shape index (κ3) is 3.60. The number of anilines is 2. The summed E-state index contributed by atoms with van der Waals surface area (Å²) in [6, 6.07) is 3.20. The smallest absolute Gasteiger partial charge is 0.221 e. The van der Waals surface area contributed by atoms with E-state index in [4.69, 9.17) is 5.73 Å². The van der Waals surface area contributed by atoms with E-state index in [0.29, 0.717) is 34.9 Å². The third-order valence-electron chi connectivity index (χ3n) is 2.70. The Morgan fingerprint density at radius 1 is 1.50 bits per heavy atom. The second-order valence-corrected chi connectivity index (χ2v) is 5.23. The summed E-state index contributed by atoms with van der Waals surface area (Å²) >= 11 is 3.09. The van der Waals surface area contributed by atoms with Gasteiger partial charge in [0.1, 0.15) is 5.82 Å². The Labute approximate surface area is 113 Å². The molecular weight excluding hydrogens is 301 g/mol. The van der Waals surface area contributed by atoms with E-state index in [1.165, 1.54) is 6.07 Å². The minimum absolute atomic E-state index is 0.0322. The van der Waals surface area contributed by atoms with Gasteiger partial charge in [-0.25, -0.2) is 4.39 Å². The van der Waals surface area contributed by atoms with Gasteiger partial charge in [-0.2, -0.15) is 0 Å². The molecule has 18 heavy (non-hydrogen) atoms. The average Bonchev–Trinajstić information content (AvgIpc) is 3.09. The number of hydrogen-bond donors (Lipinski definition) is 3. The van der Waals surface area contributed by atoms with Gasteiger partial charge < -0.3 is 16.4 Å². The van der Waals surface area contributed by atoms with Crippen LogP contribution in [0.4, 0.5) is 15.8 Å². The topological polar surface area (TPSA) is 67.1 Å². The van der Waals surface area contributed by atoms with Gasteiger partial charge in [-0.15, -0.1) is 0 Å². The van der Waals surface area contributed by atoms with Crippen LogP contribution < -0.4 is 16.4 Å². The van der Waals surface area contributed by atoms with Crippen molar-refractivity contribution in [2.45, 2.75) is 25.3 Å². The van der Waals surface area contributed by atoms with Gasteiger partial charge >= 0.3 is 0 Å². The molecule has 1 aliphatic rings. The number of rotatable bonds is 5. The summed E-state index contributed by atoms with van der Waals surface area (Å²) in [5.74, 6) is -0.366. The molecule has 0 unspecified atom stereocenters. The summed E-state index contributed by atoms with van der Waals surface area (Å²) < 4.78 is 13.5. The Balaban J connectivity index is 1.82. The SMILES string of the molecule is Nc1cc(F)c(Br)cc1NCCC(=O)NC1CC1. The van der Waals surface area contributed by atoms with E-state index in [-0.39, 0.29) is 5.91 Å². The summed E-state index contributed by atoms with van der Waals surface area (Å²) in [5.41, 5.74) is 6.63. The summed E-state index contributed by atoms with van der Waals surface area (Å²) in [6.45, 7) is 0.473. The first-order valence-electron chi connectivity index (χ1n) is 5.84. The first-order valence-corrected chi connectivity index (χ1v) is 6.63. The maximum atomic E-state index is 13.1. The monoisotopic (exact) mass is 315 g/mol. The van der Waals surface area contributed by atoms with E-state index in [0.717, 1.165) is 12.8 Å². The molecule has 2 rings (SSSR count). The second-order valence-electron chi connectivity index (χ2n) is 4.37. The number of carbonyl (C=O) groups is 1. The highest BCUT2D eigenvalue weighted by Gasteiger charge is 2.22. The number of nitrogen functional groups attached to an aromatic ring is 1. The van der Waals surface area contributed by atoms with Crippen LogP contribution in [0.5, 0.6) is 0 Å². The molecule has 4 N–H and O–H groups in total. The molecule has 1 saturated carbocycles. The van der Waals surface area contributed by atoms with Gasteiger partial charge in [-0.3, -0.25) is 4.79 Å². The molecule has 1 aromatic carbocycles. The summed E-state index contributed by atoms with van der Waals surface area (Å²) in [4.78, 5) is 11.4. The lowest BCUT2D eigenvalue weighted by atomic mass is 10.2. The lowest BCUT2D eigenvalue weighted by Crippen LogP contribution is -2.27. The maximum Gasteiger partial charge on any atom is 0.221 e. The first-order chi connectivity index (χ1) is 8.56. The van der Waals surface area contributed by atoms with Crippen LogP contribution in [-0.4, -0.2) is 18.5 Å². The lowest BCUT2D eigenvalue weighted by Gasteiger charge is -2.10. The number of hydrogen-bond acceptors (Lipinski definition) is 3. The molecular formula is C12H15BrFN3O. The Kier molecular flexibility index (Phi) is 4.06. The summed E-state index contributed by atoms with van der Waals surface area (Å²) in [7, 11) is 0. The second kappa shape index (κ2) is 5.56. The van der Waals surface area contributed by atoms with Gasteiger partial charge in [0.05, 0.1) is 15.8 Å². The Bertz CT molecular complexity index is 463. The van der Waals surface area contributed by atoms with Gasteiger partial charge in [0.15, 0.2) is 0 Å². The predicted molar refractivity (Wildman–Crippen MR) is 72.8 cm³/mol. The van der Waals surface area contributed by atoms with Gasteiger partial charge in [0.2, 0.25) is 5.91 Å². The normalized spacial score (nSPS) is 14.3. The van der Waals surface area contributed by atoms with Crippen LogP contribution in [0.3, 0.4) is 0 Å². The van der Waals surface area contributed by atoms with Crippen LogP contribution in [-0.2, 0) is 4.79 Å². The molecule has 0 heterocycles. The zero-order valence-corrected chi connectivity index (χ0v) is 11.4. The fraction of sp³-hybridized carbons (Fsp3) is 0.417. The number of carbonyl (C=O) groups excluding carboxylic acids is 1. The van der Waals surface area contributed by atoms with Gasteiger partial charge in [0, 0.05) is 25.1 Å². The zero-order valence-electron chi connectivity index (χ0n) is 9.80. The van der Waals surface area contributed by atoms with Gasteiger partial charge in [-0.05, 0) is 34.8 Å².